The largest absolute Gasteiger partial charge is 0.341 e. The Hall–Kier alpha value is -1.62. The SMILES string of the molecule is O=C(C1CC1)N1CCC2(CCn3c(-c4cccs4)cnc32)C1. The van der Waals surface area contributed by atoms with Crippen molar-refractivity contribution in [3.63, 3.8) is 0 Å². The van der Waals surface area contributed by atoms with Crippen LogP contribution in [0, 0.1) is 5.92 Å². The molecule has 22 heavy (non-hydrogen) atoms. The number of imidazole rings is 1. The number of aromatic nitrogens is 2. The zero-order valence-electron chi connectivity index (χ0n) is 12.5. The molecule has 1 spiro atoms. The average molecular weight is 313 g/mol. The highest BCUT2D eigenvalue weighted by atomic mass is 32.1. The summed E-state index contributed by atoms with van der Waals surface area (Å²) in [5.74, 6) is 1.93. The number of nitrogens with zero attached hydrogens (tertiary/aromatic N) is 3. The maximum absolute atomic E-state index is 12.4. The van der Waals surface area contributed by atoms with E-state index in [0.29, 0.717) is 11.8 Å². The molecule has 2 aromatic rings. The van der Waals surface area contributed by atoms with Gasteiger partial charge in [-0.05, 0) is 37.1 Å². The van der Waals surface area contributed by atoms with Gasteiger partial charge in [0.1, 0.15) is 5.82 Å². The molecule has 114 valence electrons. The molecular formula is C17H19N3OS. The van der Waals surface area contributed by atoms with Gasteiger partial charge < -0.3 is 9.47 Å². The van der Waals surface area contributed by atoms with E-state index in [1.165, 1.54) is 16.4 Å². The van der Waals surface area contributed by atoms with Gasteiger partial charge in [0.25, 0.3) is 0 Å². The fourth-order valence-corrected chi connectivity index (χ4v) is 4.86. The molecule has 2 aromatic heterocycles. The van der Waals surface area contributed by atoms with Crippen LogP contribution < -0.4 is 0 Å². The highest BCUT2D eigenvalue weighted by Crippen LogP contribution is 2.45. The van der Waals surface area contributed by atoms with Crippen LogP contribution in [0.25, 0.3) is 10.6 Å². The number of thiophene rings is 1. The maximum atomic E-state index is 12.4. The molecule has 5 rings (SSSR count). The van der Waals surface area contributed by atoms with Crippen molar-refractivity contribution in [2.24, 2.45) is 5.92 Å². The molecule has 0 bridgehead atoms. The van der Waals surface area contributed by atoms with Crippen molar-refractivity contribution in [1.29, 1.82) is 0 Å². The smallest absolute Gasteiger partial charge is 0.225 e. The molecule has 2 aliphatic heterocycles. The highest BCUT2D eigenvalue weighted by molar-refractivity contribution is 7.13. The minimum atomic E-state index is 0.111. The summed E-state index contributed by atoms with van der Waals surface area (Å²) in [5.41, 5.74) is 1.36. The van der Waals surface area contributed by atoms with E-state index >= 15 is 0 Å². The fourth-order valence-electron chi connectivity index (χ4n) is 4.12. The van der Waals surface area contributed by atoms with Crippen molar-refractivity contribution in [3.05, 3.63) is 29.5 Å². The average Bonchev–Trinajstić information content (AvgIpc) is 2.95. The first-order chi connectivity index (χ1) is 10.8. The summed E-state index contributed by atoms with van der Waals surface area (Å²) in [6.07, 6.45) is 6.42. The van der Waals surface area contributed by atoms with Crippen LogP contribution in [0.1, 0.15) is 31.5 Å². The van der Waals surface area contributed by atoms with E-state index in [1.807, 2.05) is 6.20 Å². The van der Waals surface area contributed by atoms with E-state index in [-0.39, 0.29) is 5.41 Å². The number of hydrogen-bond donors (Lipinski definition) is 0. The van der Waals surface area contributed by atoms with Crippen molar-refractivity contribution < 1.29 is 4.79 Å². The first kappa shape index (κ1) is 12.9. The third-order valence-corrected chi connectivity index (χ3v) is 6.40. The van der Waals surface area contributed by atoms with Crippen molar-refractivity contribution >= 4 is 17.2 Å². The summed E-state index contributed by atoms with van der Waals surface area (Å²) in [7, 11) is 0. The normalized spacial score (nSPS) is 26.8. The third kappa shape index (κ3) is 1.75. The summed E-state index contributed by atoms with van der Waals surface area (Å²) < 4.78 is 2.39. The second-order valence-electron chi connectivity index (χ2n) is 6.91. The van der Waals surface area contributed by atoms with Crippen LogP contribution in [0.4, 0.5) is 0 Å². The number of fused-ring (bicyclic) bond motifs is 2. The van der Waals surface area contributed by atoms with Gasteiger partial charge in [-0.25, -0.2) is 4.98 Å². The van der Waals surface area contributed by atoms with Gasteiger partial charge in [0.2, 0.25) is 5.91 Å². The lowest BCUT2D eigenvalue weighted by Gasteiger charge is -2.22. The molecule has 1 saturated heterocycles. The van der Waals surface area contributed by atoms with E-state index in [2.05, 4.69) is 27.0 Å². The molecule has 3 aliphatic rings. The number of hydrogen-bond acceptors (Lipinski definition) is 3. The number of carbonyl (C=O) groups excluding carboxylic acids is 1. The van der Waals surface area contributed by atoms with E-state index in [9.17, 15) is 4.79 Å². The molecule has 0 N–H and O–H groups in total. The summed E-state index contributed by atoms with van der Waals surface area (Å²) in [6.45, 7) is 2.83. The Bertz CT molecular complexity index is 731. The van der Waals surface area contributed by atoms with E-state index in [1.54, 1.807) is 11.3 Å². The zero-order valence-corrected chi connectivity index (χ0v) is 13.3. The lowest BCUT2D eigenvalue weighted by Crippen LogP contribution is -2.34. The van der Waals surface area contributed by atoms with Gasteiger partial charge in [0, 0.05) is 31.0 Å². The summed E-state index contributed by atoms with van der Waals surface area (Å²) in [5, 5.41) is 2.12. The third-order valence-electron chi connectivity index (χ3n) is 5.51. The molecule has 1 aliphatic carbocycles. The number of likely N-dealkylation sites (tertiary alicyclic amines) is 1. The minimum Gasteiger partial charge on any atom is -0.341 e. The lowest BCUT2D eigenvalue weighted by molar-refractivity contribution is -0.131. The Morgan fingerprint density at radius 2 is 2.18 bits per heavy atom. The van der Waals surface area contributed by atoms with E-state index in [4.69, 9.17) is 4.98 Å². The standard InChI is InChI=1S/C17H19N3OS/c21-15(12-3-4-12)19-7-5-17(11-19)6-8-20-13(10-18-16(17)20)14-2-1-9-22-14/h1-2,9-10,12H,3-8,11H2. The van der Waals surface area contributed by atoms with Crippen LogP contribution in [0.5, 0.6) is 0 Å². The van der Waals surface area contributed by atoms with Gasteiger partial charge >= 0.3 is 0 Å². The molecule has 0 aromatic carbocycles. The second-order valence-corrected chi connectivity index (χ2v) is 7.86. The molecule has 4 heterocycles. The highest BCUT2D eigenvalue weighted by Gasteiger charge is 2.49. The molecule has 0 radical (unpaired) electrons. The van der Waals surface area contributed by atoms with Gasteiger partial charge in [-0.3, -0.25) is 4.79 Å². The molecule has 1 atom stereocenters. The molecule has 4 nitrogen and oxygen atoms in total. The van der Waals surface area contributed by atoms with Crippen LogP contribution in [-0.4, -0.2) is 33.4 Å². The molecular weight excluding hydrogens is 294 g/mol. The first-order valence-corrected chi connectivity index (χ1v) is 9.03. The predicted molar refractivity (Wildman–Crippen MR) is 85.8 cm³/mol. The Kier molecular flexibility index (Phi) is 2.60. The Morgan fingerprint density at radius 1 is 1.32 bits per heavy atom. The summed E-state index contributed by atoms with van der Waals surface area (Å²) in [4.78, 5) is 20.5. The molecule has 2 fully saturated rings. The van der Waals surface area contributed by atoms with Gasteiger partial charge in [-0.15, -0.1) is 11.3 Å². The van der Waals surface area contributed by atoms with Gasteiger partial charge in [-0.1, -0.05) is 6.07 Å². The van der Waals surface area contributed by atoms with E-state index < -0.39 is 0 Å². The number of rotatable bonds is 2. The van der Waals surface area contributed by atoms with Gasteiger partial charge in [0.15, 0.2) is 0 Å². The summed E-state index contributed by atoms with van der Waals surface area (Å²) >= 11 is 1.77. The Morgan fingerprint density at radius 3 is 2.95 bits per heavy atom. The van der Waals surface area contributed by atoms with Crippen molar-refractivity contribution in [2.75, 3.05) is 13.1 Å². The second kappa shape index (κ2) is 4.44. The first-order valence-electron chi connectivity index (χ1n) is 8.16. The quantitative estimate of drug-likeness (QED) is 0.855. The molecule has 5 heteroatoms. The topological polar surface area (TPSA) is 38.1 Å². The van der Waals surface area contributed by atoms with Crippen LogP contribution in [0.3, 0.4) is 0 Å². The van der Waals surface area contributed by atoms with Crippen LogP contribution in [0.15, 0.2) is 23.7 Å². The Balaban J connectivity index is 1.46. The zero-order chi connectivity index (χ0) is 14.7. The predicted octanol–water partition coefficient (Wildman–Crippen LogP) is 2.90. The molecule has 1 unspecified atom stereocenters. The molecule has 1 amide bonds. The monoisotopic (exact) mass is 313 g/mol. The maximum Gasteiger partial charge on any atom is 0.225 e. The van der Waals surface area contributed by atoms with Gasteiger partial charge in [0.05, 0.1) is 16.8 Å². The number of carbonyl (C=O) groups is 1. The lowest BCUT2D eigenvalue weighted by atomic mass is 9.85. The number of amides is 1. The van der Waals surface area contributed by atoms with Crippen LogP contribution >= 0.6 is 11.3 Å². The minimum absolute atomic E-state index is 0.111. The van der Waals surface area contributed by atoms with Crippen LogP contribution in [-0.2, 0) is 16.8 Å². The van der Waals surface area contributed by atoms with Crippen molar-refractivity contribution in [2.45, 2.75) is 37.6 Å². The van der Waals surface area contributed by atoms with Crippen molar-refractivity contribution in [3.8, 4) is 10.6 Å². The van der Waals surface area contributed by atoms with Crippen LogP contribution in [0.2, 0.25) is 0 Å². The molecule has 1 saturated carbocycles. The van der Waals surface area contributed by atoms with E-state index in [0.717, 1.165) is 45.3 Å². The summed E-state index contributed by atoms with van der Waals surface area (Å²) in [6, 6.07) is 4.26. The Labute approximate surface area is 133 Å². The van der Waals surface area contributed by atoms with Crippen molar-refractivity contribution in [1.82, 2.24) is 14.5 Å². The van der Waals surface area contributed by atoms with Gasteiger partial charge in [-0.2, -0.15) is 0 Å². The fraction of sp³-hybridized carbons (Fsp3) is 0.529.